The van der Waals surface area contributed by atoms with Crippen LogP contribution in [0.25, 0.3) is 5.65 Å². The molecular weight excluding hydrogens is 160 g/mol. The maximum Gasteiger partial charge on any atom is 0.137 e. The molecule has 0 unspecified atom stereocenters. The molecule has 0 N–H and O–H groups in total. The van der Waals surface area contributed by atoms with Gasteiger partial charge in [-0.25, -0.2) is 4.98 Å². The SMILES string of the molecule is Cc1cn2c(C(C)C)cccc2n1. The lowest BCUT2D eigenvalue weighted by molar-refractivity contribution is 0.801. The molecule has 0 spiro atoms. The highest BCUT2D eigenvalue weighted by Crippen LogP contribution is 2.16. The Bertz CT molecular complexity index is 427. The van der Waals surface area contributed by atoms with E-state index >= 15 is 0 Å². The van der Waals surface area contributed by atoms with Crippen molar-refractivity contribution in [1.29, 1.82) is 0 Å². The average Bonchev–Trinajstić information content (AvgIpc) is 2.43. The van der Waals surface area contributed by atoms with Crippen LogP contribution in [0.2, 0.25) is 0 Å². The molecule has 0 fully saturated rings. The molecule has 2 aromatic rings. The summed E-state index contributed by atoms with van der Waals surface area (Å²) in [5.41, 5.74) is 3.44. The standard InChI is InChI=1S/C11H14N2/c1-8(2)10-5-4-6-11-12-9(3)7-13(10)11/h4-8H,1-3H3. The summed E-state index contributed by atoms with van der Waals surface area (Å²) in [5.74, 6) is 0.539. The molecule has 68 valence electrons. The number of aryl methyl sites for hydroxylation is 1. The fourth-order valence-corrected chi connectivity index (χ4v) is 1.62. The van der Waals surface area contributed by atoms with Crippen LogP contribution in [0, 0.1) is 6.92 Å². The molecule has 0 radical (unpaired) electrons. The molecule has 2 heteroatoms. The molecule has 2 heterocycles. The predicted molar refractivity (Wildman–Crippen MR) is 54.0 cm³/mol. The Kier molecular flexibility index (Phi) is 1.83. The summed E-state index contributed by atoms with van der Waals surface area (Å²) in [7, 11) is 0. The van der Waals surface area contributed by atoms with E-state index in [1.807, 2.05) is 13.0 Å². The number of rotatable bonds is 1. The van der Waals surface area contributed by atoms with Crippen molar-refractivity contribution >= 4 is 5.65 Å². The lowest BCUT2D eigenvalue weighted by Gasteiger charge is -2.07. The highest BCUT2D eigenvalue weighted by molar-refractivity contribution is 5.42. The fraction of sp³-hybridized carbons (Fsp3) is 0.364. The summed E-state index contributed by atoms with van der Waals surface area (Å²) in [4.78, 5) is 4.42. The van der Waals surface area contributed by atoms with Gasteiger partial charge in [-0.15, -0.1) is 0 Å². The zero-order valence-corrected chi connectivity index (χ0v) is 8.28. The topological polar surface area (TPSA) is 17.3 Å². The molecule has 0 saturated carbocycles. The number of pyridine rings is 1. The van der Waals surface area contributed by atoms with Gasteiger partial charge >= 0.3 is 0 Å². The van der Waals surface area contributed by atoms with E-state index in [-0.39, 0.29) is 0 Å². The van der Waals surface area contributed by atoms with E-state index in [0.29, 0.717) is 5.92 Å². The van der Waals surface area contributed by atoms with E-state index in [2.05, 4.69) is 41.6 Å². The third kappa shape index (κ3) is 1.32. The van der Waals surface area contributed by atoms with Crippen LogP contribution in [-0.4, -0.2) is 9.38 Å². The summed E-state index contributed by atoms with van der Waals surface area (Å²) in [6.07, 6.45) is 2.09. The van der Waals surface area contributed by atoms with Gasteiger partial charge < -0.3 is 4.40 Å². The van der Waals surface area contributed by atoms with Gasteiger partial charge in [0.2, 0.25) is 0 Å². The number of imidazole rings is 1. The van der Waals surface area contributed by atoms with Crippen LogP contribution in [0.15, 0.2) is 24.4 Å². The first kappa shape index (κ1) is 8.30. The van der Waals surface area contributed by atoms with Crippen molar-refractivity contribution in [2.24, 2.45) is 0 Å². The zero-order valence-electron chi connectivity index (χ0n) is 8.28. The fourth-order valence-electron chi connectivity index (χ4n) is 1.62. The molecular formula is C11H14N2. The summed E-state index contributed by atoms with van der Waals surface area (Å²) in [5, 5.41) is 0. The molecule has 0 aliphatic carbocycles. The van der Waals surface area contributed by atoms with Gasteiger partial charge in [0.15, 0.2) is 0 Å². The van der Waals surface area contributed by atoms with Crippen LogP contribution in [-0.2, 0) is 0 Å². The smallest absolute Gasteiger partial charge is 0.137 e. The van der Waals surface area contributed by atoms with Crippen LogP contribution in [0.1, 0.15) is 31.2 Å². The van der Waals surface area contributed by atoms with Crippen molar-refractivity contribution in [2.45, 2.75) is 26.7 Å². The molecule has 0 saturated heterocycles. The van der Waals surface area contributed by atoms with Crippen LogP contribution in [0.5, 0.6) is 0 Å². The van der Waals surface area contributed by atoms with Crippen molar-refractivity contribution in [2.75, 3.05) is 0 Å². The number of nitrogens with zero attached hydrogens (tertiary/aromatic N) is 2. The molecule has 2 aromatic heterocycles. The predicted octanol–water partition coefficient (Wildman–Crippen LogP) is 2.77. The van der Waals surface area contributed by atoms with Gasteiger partial charge in [0, 0.05) is 11.9 Å². The number of hydrogen-bond acceptors (Lipinski definition) is 1. The lowest BCUT2D eigenvalue weighted by atomic mass is 10.1. The summed E-state index contributed by atoms with van der Waals surface area (Å²) in [6, 6.07) is 6.26. The van der Waals surface area contributed by atoms with Gasteiger partial charge in [-0.1, -0.05) is 19.9 Å². The zero-order chi connectivity index (χ0) is 9.42. The monoisotopic (exact) mass is 174 g/mol. The van der Waals surface area contributed by atoms with Crippen LogP contribution < -0.4 is 0 Å². The number of hydrogen-bond donors (Lipinski definition) is 0. The minimum atomic E-state index is 0.539. The first-order chi connectivity index (χ1) is 6.18. The third-order valence-corrected chi connectivity index (χ3v) is 2.24. The Morgan fingerprint density at radius 2 is 2.08 bits per heavy atom. The Hall–Kier alpha value is -1.31. The Morgan fingerprint density at radius 3 is 2.77 bits per heavy atom. The van der Waals surface area contributed by atoms with Gasteiger partial charge in [-0.3, -0.25) is 0 Å². The van der Waals surface area contributed by atoms with Gasteiger partial charge in [0.25, 0.3) is 0 Å². The molecule has 0 atom stereocenters. The summed E-state index contributed by atoms with van der Waals surface area (Å²) >= 11 is 0. The van der Waals surface area contributed by atoms with Gasteiger partial charge in [0.1, 0.15) is 5.65 Å². The Morgan fingerprint density at radius 1 is 1.31 bits per heavy atom. The third-order valence-electron chi connectivity index (χ3n) is 2.24. The quantitative estimate of drug-likeness (QED) is 0.649. The van der Waals surface area contributed by atoms with Crippen molar-refractivity contribution < 1.29 is 0 Å². The maximum atomic E-state index is 4.42. The highest BCUT2D eigenvalue weighted by Gasteiger charge is 2.05. The summed E-state index contributed by atoms with van der Waals surface area (Å²) in [6.45, 7) is 6.42. The largest absolute Gasteiger partial charge is 0.304 e. The molecule has 2 nitrogen and oxygen atoms in total. The second-order valence-electron chi connectivity index (χ2n) is 3.72. The van der Waals surface area contributed by atoms with Crippen molar-refractivity contribution in [3.8, 4) is 0 Å². The van der Waals surface area contributed by atoms with Crippen LogP contribution in [0.4, 0.5) is 0 Å². The molecule has 0 aliphatic heterocycles. The van der Waals surface area contributed by atoms with Crippen molar-refractivity contribution in [3.05, 3.63) is 35.8 Å². The van der Waals surface area contributed by atoms with Crippen LogP contribution in [0.3, 0.4) is 0 Å². The van der Waals surface area contributed by atoms with E-state index in [4.69, 9.17) is 0 Å². The maximum absolute atomic E-state index is 4.42. The van der Waals surface area contributed by atoms with Gasteiger partial charge in [-0.05, 0) is 25.0 Å². The second kappa shape index (κ2) is 2.87. The second-order valence-corrected chi connectivity index (χ2v) is 3.72. The van der Waals surface area contributed by atoms with Crippen LogP contribution >= 0.6 is 0 Å². The first-order valence-electron chi connectivity index (χ1n) is 4.63. The number of aromatic nitrogens is 2. The normalized spacial score (nSPS) is 11.4. The molecule has 0 aromatic carbocycles. The van der Waals surface area contributed by atoms with E-state index < -0.39 is 0 Å². The Balaban J connectivity index is 2.75. The van der Waals surface area contributed by atoms with Gasteiger partial charge in [-0.2, -0.15) is 0 Å². The van der Waals surface area contributed by atoms with E-state index in [9.17, 15) is 0 Å². The molecule has 0 bridgehead atoms. The number of fused-ring (bicyclic) bond motifs is 1. The van der Waals surface area contributed by atoms with Gasteiger partial charge in [0.05, 0.1) is 5.69 Å². The van der Waals surface area contributed by atoms with E-state index in [1.165, 1.54) is 5.69 Å². The van der Waals surface area contributed by atoms with Crippen molar-refractivity contribution in [3.63, 3.8) is 0 Å². The van der Waals surface area contributed by atoms with E-state index in [0.717, 1.165) is 11.3 Å². The molecule has 2 rings (SSSR count). The first-order valence-corrected chi connectivity index (χ1v) is 4.63. The minimum absolute atomic E-state index is 0.539. The average molecular weight is 174 g/mol. The van der Waals surface area contributed by atoms with E-state index in [1.54, 1.807) is 0 Å². The highest BCUT2D eigenvalue weighted by atomic mass is 15.0. The molecule has 0 amide bonds. The molecule has 0 aliphatic rings. The summed E-state index contributed by atoms with van der Waals surface area (Å²) < 4.78 is 2.17. The lowest BCUT2D eigenvalue weighted by Crippen LogP contribution is -1.96. The van der Waals surface area contributed by atoms with Crippen molar-refractivity contribution in [1.82, 2.24) is 9.38 Å². The molecule has 13 heavy (non-hydrogen) atoms. The Labute approximate surface area is 78.2 Å². The minimum Gasteiger partial charge on any atom is -0.304 e.